The van der Waals surface area contributed by atoms with Crippen LogP contribution in [0.4, 0.5) is 0 Å². The Hall–Kier alpha value is -1.92. The zero-order chi connectivity index (χ0) is 15.0. The number of aromatic amines is 1. The van der Waals surface area contributed by atoms with Crippen molar-refractivity contribution in [1.29, 1.82) is 0 Å². The summed E-state index contributed by atoms with van der Waals surface area (Å²) in [6, 6.07) is 6.83. The van der Waals surface area contributed by atoms with E-state index in [-0.39, 0.29) is 5.56 Å². The van der Waals surface area contributed by atoms with Crippen LogP contribution in [-0.4, -0.2) is 19.7 Å². The number of aryl methyl sites for hydroxylation is 1. The molecule has 21 heavy (non-hydrogen) atoms. The van der Waals surface area contributed by atoms with Gasteiger partial charge in [0.05, 0.1) is 16.9 Å². The lowest BCUT2D eigenvalue weighted by Crippen LogP contribution is -2.08. The third kappa shape index (κ3) is 2.91. The van der Waals surface area contributed by atoms with Gasteiger partial charge in [-0.3, -0.25) is 9.48 Å². The summed E-state index contributed by atoms with van der Waals surface area (Å²) in [6.45, 7) is 0. The molecule has 2 aromatic heterocycles. The molecule has 0 saturated carbocycles. The molecule has 0 unspecified atom stereocenters. The highest BCUT2D eigenvalue weighted by Gasteiger charge is 2.10. The van der Waals surface area contributed by atoms with E-state index in [2.05, 4.69) is 31.0 Å². The van der Waals surface area contributed by atoms with Crippen molar-refractivity contribution < 1.29 is 0 Å². The summed E-state index contributed by atoms with van der Waals surface area (Å²) >= 11 is 9.57. The normalized spacial score (nSPS) is 10.8. The van der Waals surface area contributed by atoms with E-state index in [1.807, 2.05) is 19.2 Å². The highest BCUT2D eigenvalue weighted by Crippen LogP contribution is 2.28. The molecule has 106 valence electrons. The molecule has 0 amide bonds. The van der Waals surface area contributed by atoms with Crippen molar-refractivity contribution in [2.45, 2.75) is 0 Å². The van der Waals surface area contributed by atoms with Gasteiger partial charge in [-0.05, 0) is 18.2 Å². The van der Waals surface area contributed by atoms with E-state index in [9.17, 15) is 4.79 Å². The second-order valence-electron chi connectivity index (χ2n) is 4.51. The summed E-state index contributed by atoms with van der Waals surface area (Å²) in [5.74, 6) is 0.424. The maximum atomic E-state index is 11.9. The van der Waals surface area contributed by atoms with Gasteiger partial charge in [-0.15, -0.1) is 0 Å². The lowest BCUT2D eigenvalue weighted by Gasteiger charge is -2.06. The first kappa shape index (κ1) is 14.0. The molecule has 2 heterocycles. The first-order valence-corrected chi connectivity index (χ1v) is 7.26. The van der Waals surface area contributed by atoms with Crippen LogP contribution in [0.1, 0.15) is 0 Å². The molecule has 7 heteroatoms. The molecule has 0 bridgehead atoms. The average Bonchev–Trinajstić information content (AvgIpc) is 2.87. The standard InChI is InChI=1S/C14H10BrClN4O/c1-20-7-8(6-17-20)12-5-13(21)19-14(18-12)10-4-9(15)2-3-11(10)16/h2-7H,1H3,(H,18,19,21). The molecular formula is C14H10BrClN4O. The second-order valence-corrected chi connectivity index (χ2v) is 5.83. The highest BCUT2D eigenvalue weighted by molar-refractivity contribution is 9.10. The van der Waals surface area contributed by atoms with Crippen LogP contribution < -0.4 is 5.56 Å². The Bertz CT molecular complexity index is 871. The summed E-state index contributed by atoms with van der Waals surface area (Å²) in [5.41, 5.74) is 1.75. The minimum Gasteiger partial charge on any atom is -0.306 e. The van der Waals surface area contributed by atoms with E-state index in [1.54, 1.807) is 23.1 Å². The van der Waals surface area contributed by atoms with Crippen LogP contribution in [-0.2, 0) is 7.05 Å². The number of H-pyrrole nitrogens is 1. The van der Waals surface area contributed by atoms with Crippen molar-refractivity contribution in [1.82, 2.24) is 19.7 Å². The quantitative estimate of drug-likeness (QED) is 0.758. The number of nitrogens with one attached hydrogen (secondary N) is 1. The van der Waals surface area contributed by atoms with Crippen molar-refractivity contribution in [3.05, 3.63) is 56.5 Å². The van der Waals surface area contributed by atoms with E-state index in [0.29, 0.717) is 22.1 Å². The van der Waals surface area contributed by atoms with Crippen LogP contribution in [0.5, 0.6) is 0 Å². The molecule has 0 aliphatic rings. The SMILES string of the molecule is Cn1cc(-c2cc(=O)[nH]c(-c3cc(Br)ccc3Cl)n2)cn1. The third-order valence-corrected chi connectivity index (χ3v) is 3.75. The second kappa shape index (κ2) is 5.46. The smallest absolute Gasteiger partial charge is 0.251 e. The third-order valence-electron chi connectivity index (χ3n) is 2.93. The van der Waals surface area contributed by atoms with E-state index in [0.717, 1.165) is 10.0 Å². The Balaban J connectivity index is 2.18. The molecule has 5 nitrogen and oxygen atoms in total. The van der Waals surface area contributed by atoms with Crippen molar-refractivity contribution in [2.75, 3.05) is 0 Å². The molecule has 0 aliphatic carbocycles. The zero-order valence-electron chi connectivity index (χ0n) is 11.0. The van der Waals surface area contributed by atoms with Crippen molar-refractivity contribution in [2.24, 2.45) is 7.05 Å². The molecule has 3 rings (SSSR count). The molecule has 0 atom stereocenters. The zero-order valence-corrected chi connectivity index (χ0v) is 13.3. The first-order chi connectivity index (χ1) is 10.0. The molecule has 0 spiro atoms. The highest BCUT2D eigenvalue weighted by atomic mass is 79.9. The number of nitrogens with zero attached hydrogens (tertiary/aromatic N) is 3. The minimum atomic E-state index is -0.241. The first-order valence-electron chi connectivity index (χ1n) is 6.09. The Morgan fingerprint density at radius 1 is 1.33 bits per heavy atom. The number of benzene rings is 1. The maximum Gasteiger partial charge on any atom is 0.251 e. The topological polar surface area (TPSA) is 63.6 Å². The fraction of sp³-hybridized carbons (Fsp3) is 0.0714. The number of hydrogen-bond donors (Lipinski definition) is 1. The molecule has 0 aliphatic heterocycles. The van der Waals surface area contributed by atoms with Gasteiger partial charge in [0.1, 0.15) is 5.82 Å². The molecule has 0 saturated heterocycles. The molecule has 1 aromatic carbocycles. The molecule has 3 aromatic rings. The van der Waals surface area contributed by atoms with Crippen molar-refractivity contribution in [3.8, 4) is 22.6 Å². The Labute approximate surface area is 133 Å². The van der Waals surface area contributed by atoms with Gasteiger partial charge in [0.15, 0.2) is 0 Å². The van der Waals surface area contributed by atoms with Crippen LogP contribution in [0.25, 0.3) is 22.6 Å². The average molecular weight is 366 g/mol. The fourth-order valence-corrected chi connectivity index (χ4v) is 2.53. The van der Waals surface area contributed by atoms with Gasteiger partial charge in [0.2, 0.25) is 0 Å². The van der Waals surface area contributed by atoms with Gasteiger partial charge in [-0.2, -0.15) is 5.10 Å². The summed E-state index contributed by atoms with van der Waals surface area (Å²) in [6.07, 6.45) is 3.46. The number of rotatable bonds is 2. The molecule has 0 fully saturated rings. The predicted molar refractivity (Wildman–Crippen MR) is 85.2 cm³/mol. The van der Waals surface area contributed by atoms with Crippen molar-refractivity contribution in [3.63, 3.8) is 0 Å². The van der Waals surface area contributed by atoms with Gasteiger partial charge in [0, 0.05) is 34.9 Å². The number of aromatic nitrogens is 4. The molecule has 1 N–H and O–H groups in total. The Morgan fingerprint density at radius 2 is 2.14 bits per heavy atom. The van der Waals surface area contributed by atoms with E-state index >= 15 is 0 Å². The molecular weight excluding hydrogens is 356 g/mol. The van der Waals surface area contributed by atoms with Gasteiger partial charge < -0.3 is 4.98 Å². The monoisotopic (exact) mass is 364 g/mol. The lowest BCUT2D eigenvalue weighted by atomic mass is 10.2. The minimum absolute atomic E-state index is 0.241. The van der Waals surface area contributed by atoms with Gasteiger partial charge >= 0.3 is 0 Å². The van der Waals surface area contributed by atoms with Gasteiger partial charge in [-0.1, -0.05) is 27.5 Å². The van der Waals surface area contributed by atoms with Crippen LogP contribution in [0, 0.1) is 0 Å². The largest absolute Gasteiger partial charge is 0.306 e. The van der Waals surface area contributed by atoms with E-state index < -0.39 is 0 Å². The van der Waals surface area contributed by atoms with E-state index in [1.165, 1.54) is 6.07 Å². The number of halogens is 2. The summed E-state index contributed by atoms with van der Waals surface area (Å²) in [5, 5.41) is 4.61. The summed E-state index contributed by atoms with van der Waals surface area (Å²) in [4.78, 5) is 19.1. The lowest BCUT2D eigenvalue weighted by molar-refractivity contribution is 0.768. The Morgan fingerprint density at radius 3 is 2.86 bits per heavy atom. The predicted octanol–water partition coefficient (Wildman–Crippen LogP) is 3.25. The van der Waals surface area contributed by atoms with Crippen LogP contribution in [0.3, 0.4) is 0 Å². The van der Waals surface area contributed by atoms with Gasteiger partial charge in [-0.25, -0.2) is 4.98 Å². The summed E-state index contributed by atoms with van der Waals surface area (Å²) < 4.78 is 2.51. The fourth-order valence-electron chi connectivity index (χ4n) is 1.97. The number of hydrogen-bond acceptors (Lipinski definition) is 3. The van der Waals surface area contributed by atoms with Crippen molar-refractivity contribution >= 4 is 27.5 Å². The maximum absolute atomic E-state index is 11.9. The van der Waals surface area contributed by atoms with Gasteiger partial charge in [0.25, 0.3) is 5.56 Å². The van der Waals surface area contributed by atoms with Crippen LogP contribution in [0.2, 0.25) is 5.02 Å². The van der Waals surface area contributed by atoms with E-state index in [4.69, 9.17) is 11.6 Å². The summed E-state index contributed by atoms with van der Waals surface area (Å²) in [7, 11) is 1.81. The molecule has 0 radical (unpaired) electrons. The van der Waals surface area contributed by atoms with Crippen LogP contribution >= 0.6 is 27.5 Å². The van der Waals surface area contributed by atoms with Crippen LogP contribution in [0.15, 0.2) is 45.9 Å². The Kier molecular flexibility index (Phi) is 3.65.